The van der Waals surface area contributed by atoms with Crippen LogP contribution < -0.4 is 10.6 Å². The minimum Gasteiger partial charge on any atom is -0.366 e. The monoisotopic (exact) mass is 297 g/mol. The molecule has 1 fully saturated rings. The molecule has 0 amide bonds. The molecule has 2 N–H and O–H groups in total. The molecular weight excluding hydrogens is 278 g/mol. The van der Waals surface area contributed by atoms with E-state index in [0.29, 0.717) is 12.6 Å². The van der Waals surface area contributed by atoms with Gasteiger partial charge >= 0.3 is 0 Å². The minimum absolute atomic E-state index is 0.536. The van der Waals surface area contributed by atoms with E-state index in [-0.39, 0.29) is 0 Å². The van der Waals surface area contributed by atoms with E-state index in [4.69, 9.17) is 5.73 Å². The standard InChI is InChI=1S/C13H20BrN3/c1-10-9-16(2)5-6-17(10)13-7-12(14)4-3-11(13)8-15/h3-4,7,10H,5-6,8-9,15H2,1-2H3. The highest BCUT2D eigenvalue weighted by Crippen LogP contribution is 2.27. The molecular formula is C13H20BrN3. The Bertz CT molecular complexity index is 394. The Morgan fingerprint density at radius 3 is 2.82 bits per heavy atom. The van der Waals surface area contributed by atoms with Crippen LogP contribution in [0.5, 0.6) is 0 Å². The smallest absolute Gasteiger partial charge is 0.0426 e. The number of rotatable bonds is 2. The maximum atomic E-state index is 5.83. The molecule has 94 valence electrons. The van der Waals surface area contributed by atoms with Crippen molar-refractivity contribution in [2.45, 2.75) is 19.5 Å². The molecule has 3 nitrogen and oxygen atoms in total. The number of nitrogens with two attached hydrogens (primary N) is 1. The quantitative estimate of drug-likeness (QED) is 0.907. The highest BCUT2D eigenvalue weighted by Gasteiger charge is 2.23. The van der Waals surface area contributed by atoms with Crippen LogP contribution in [-0.2, 0) is 6.54 Å². The highest BCUT2D eigenvalue weighted by molar-refractivity contribution is 9.10. The first-order valence-corrected chi connectivity index (χ1v) is 6.85. The van der Waals surface area contributed by atoms with Crippen LogP contribution in [-0.4, -0.2) is 37.6 Å². The number of nitrogens with zero attached hydrogens (tertiary/aromatic N) is 2. The fourth-order valence-corrected chi connectivity index (χ4v) is 2.82. The van der Waals surface area contributed by atoms with Crippen LogP contribution in [0.25, 0.3) is 0 Å². The van der Waals surface area contributed by atoms with E-state index in [0.717, 1.165) is 24.1 Å². The fourth-order valence-electron chi connectivity index (χ4n) is 2.47. The van der Waals surface area contributed by atoms with Crippen molar-refractivity contribution in [1.29, 1.82) is 0 Å². The molecule has 1 unspecified atom stereocenters. The summed E-state index contributed by atoms with van der Waals surface area (Å²) in [6, 6.07) is 6.90. The van der Waals surface area contributed by atoms with E-state index < -0.39 is 0 Å². The summed E-state index contributed by atoms with van der Waals surface area (Å²) >= 11 is 3.55. The maximum Gasteiger partial charge on any atom is 0.0426 e. The van der Waals surface area contributed by atoms with E-state index in [2.05, 4.69) is 57.9 Å². The molecule has 0 aliphatic carbocycles. The summed E-state index contributed by atoms with van der Waals surface area (Å²) in [6.45, 7) is 6.16. The van der Waals surface area contributed by atoms with E-state index in [1.807, 2.05) is 0 Å². The summed E-state index contributed by atoms with van der Waals surface area (Å²) in [6.07, 6.45) is 0. The molecule has 0 aromatic heterocycles. The van der Waals surface area contributed by atoms with Crippen molar-refractivity contribution < 1.29 is 0 Å². The predicted octanol–water partition coefficient (Wildman–Crippen LogP) is 2.05. The largest absolute Gasteiger partial charge is 0.366 e. The van der Waals surface area contributed by atoms with Crippen LogP contribution in [0.15, 0.2) is 22.7 Å². The lowest BCUT2D eigenvalue weighted by atomic mass is 10.1. The van der Waals surface area contributed by atoms with Gasteiger partial charge in [0, 0.05) is 42.4 Å². The summed E-state index contributed by atoms with van der Waals surface area (Å²) in [7, 11) is 2.18. The van der Waals surface area contributed by atoms with Crippen molar-refractivity contribution in [2.24, 2.45) is 5.73 Å². The van der Waals surface area contributed by atoms with E-state index in [9.17, 15) is 0 Å². The van der Waals surface area contributed by atoms with Crippen molar-refractivity contribution in [3.63, 3.8) is 0 Å². The van der Waals surface area contributed by atoms with Gasteiger partial charge in [0.25, 0.3) is 0 Å². The van der Waals surface area contributed by atoms with Crippen LogP contribution in [0, 0.1) is 0 Å². The zero-order valence-electron chi connectivity index (χ0n) is 10.5. The Hall–Kier alpha value is -0.580. The van der Waals surface area contributed by atoms with Gasteiger partial charge in [0.1, 0.15) is 0 Å². The van der Waals surface area contributed by atoms with Crippen LogP contribution in [0.4, 0.5) is 5.69 Å². The highest BCUT2D eigenvalue weighted by atomic mass is 79.9. The molecule has 1 heterocycles. The third-order valence-electron chi connectivity index (χ3n) is 3.41. The average molecular weight is 298 g/mol. The lowest BCUT2D eigenvalue weighted by Crippen LogP contribution is -2.50. The molecule has 17 heavy (non-hydrogen) atoms. The number of benzene rings is 1. The van der Waals surface area contributed by atoms with Crippen LogP contribution in [0.2, 0.25) is 0 Å². The molecule has 2 rings (SSSR count). The lowest BCUT2D eigenvalue weighted by Gasteiger charge is -2.40. The maximum absolute atomic E-state index is 5.83. The van der Waals surface area contributed by atoms with Gasteiger partial charge in [-0.25, -0.2) is 0 Å². The van der Waals surface area contributed by atoms with E-state index >= 15 is 0 Å². The van der Waals surface area contributed by atoms with Gasteiger partial charge in [0.2, 0.25) is 0 Å². The first-order valence-electron chi connectivity index (χ1n) is 6.05. The minimum atomic E-state index is 0.536. The number of hydrogen-bond acceptors (Lipinski definition) is 3. The normalized spacial score (nSPS) is 21.9. The molecule has 0 radical (unpaired) electrons. The third kappa shape index (κ3) is 2.81. The van der Waals surface area contributed by atoms with Gasteiger partial charge in [-0.15, -0.1) is 0 Å². The molecule has 1 atom stereocenters. The van der Waals surface area contributed by atoms with Gasteiger partial charge in [-0.05, 0) is 31.7 Å². The van der Waals surface area contributed by atoms with E-state index in [1.165, 1.54) is 11.3 Å². The topological polar surface area (TPSA) is 32.5 Å². The van der Waals surface area contributed by atoms with Crippen molar-refractivity contribution in [3.05, 3.63) is 28.2 Å². The molecule has 1 aromatic rings. The summed E-state index contributed by atoms with van der Waals surface area (Å²) < 4.78 is 1.12. The van der Waals surface area contributed by atoms with Gasteiger partial charge in [-0.1, -0.05) is 22.0 Å². The van der Waals surface area contributed by atoms with Crippen molar-refractivity contribution in [1.82, 2.24) is 4.90 Å². The van der Waals surface area contributed by atoms with Crippen molar-refractivity contribution >= 4 is 21.6 Å². The van der Waals surface area contributed by atoms with Crippen LogP contribution >= 0.6 is 15.9 Å². The van der Waals surface area contributed by atoms with Gasteiger partial charge in [0.15, 0.2) is 0 Å². The lowest BCUT2D eigenvalue weighted by molar-refractivity contribution is 0.275. The molecule has 0 spiro atoms. The van der Waals surface area contributed by atoms with Crippen molar-refractivity contribution in [3.8, 4) is 0 Å². The summed E-state index contributed by atoms with van der Waals surface area (Å²) in [5.41, 5.74) is 8.33. The molecule has 1 aromatic carbocycles. The number of piperazine rings is 1. The van der Waals surface area contributed by atoms with Crippen molar-refractivity contribution in [2.75, 3.05) is 31.6 Å². The zero-order chi connectivity index (χ0) is 12.4. The Labute approximate surface area is 112 Å². The summed E-state index contributed by atoms with van der Waals surface area (Å²) in [5.74, 6) is 0. The third-order valence-corrected chi connectivity index (χ3v) is 3.90. The molecule has 1 aliphatic heterocycles. The van der Waals surface area contributed by atoms with Crippen LogP contribution in [0.3, 0.4) is 0 Å². The Kier molecular flexibility index (Phi) is 4.07. The second-order valence-corrected chi connectivity index (χ2v) is 5.70. The zero-order valence-corrected chi connectivity index (χ0v) is 12.1. The molecule has 1 aliphatic rings. The van der Waals surface area contributed by atoms with Gasteiger partial charge in [0.05, 0.1) is 0 Å². The number of likely N-dealkylation sites (N-methyl/N-ethyl adjacent to an activating group) is 1. The summed E-state index contributed by atoms with van der Waals surface area (Å²) in [4.78, 5) is 4.84. The second kappa shape index (κ2) is 5.38. The van der Waals surface area contributed by atoms with Crippen LogP contribution in [0.1, 0.15) is 12.5 Å². The molecule has 0 saturated carbocycles. The average Bonchev–Trinajstić information content (AvgIpc) is 2.29. The number of anilines is 1. The number of hydrogen-bond donors (Lipinski definition) is 1. The SMILES string of the molecule is CC1CN(C)CCN1c1cc(Br)ccc1CN. The summed E-state index contributed by atoms with van der Waals surface area (Å²) in [5, 5.41) is 0. The van der Waals surface area contributed by atoms with Gasteiger partial charge < -0.3 is 15.5 Å². The Morgan fingerprint density at radius 2 is 2.18 bits per heavy atom. The van der Waals surface area contributed by atoms with E-state index in [1.54, 1.807) is 0 Å². The van der Waals surface area contributed by atoms with Gasteiger partial charge in [-0.2, -0.15) is 0 Å². The van der Waals surface area contributed by atoms with Gasteiger partial charge in [-0.3, -0.25) is 0 Å². The Balaban J connectivity index is 2.29. The number of halogens is 1. The predicted molar refractivity (Wildman–Crippen MR) is 76.3 cm³/mol. The Morgan fingerprint density at radius 1 is 1.41 bits per heavy atom. The fraction of sp³-hybridized carbons (Fsp3) is 0.538. The first kappa shape index (κ1) is 12.9. The molecule has 4 heteroatoms. The molecule has 0 bridgehead atoms. The second-order valence-electron chi connectivity index (χ2n) is 4.78. The first-order chi connectivity index (χ1) is 8.11. The molecule has 1 saturated heterocycles.